The first kappa shape index (κ1) is 8.30. The minimum atomic E-state index is 1.04. The molecule has 0 aliphatic rings. The number of hydrogen-bond acceptors (Lipinski definition) is 2. The van der Waals surface area contributed by atoms with Crippen LogP contribution in [-0.4, -0.2) is 9.38 Å². The zero-order chi connectivity index (χ0) is 10.5. The van der Waals surface area contributed by atoms with Crippen molar-refractivity contribution in [3.8, 4) is 0 Å². The minimum Gasteiger partial charge on any atom is -0.298 e. The van der Waals surface area contributed by atoms with E-state index < -0.39 is 0 Å². The number of pyridine rings is 1. The molecule has 0 saturated heterocycles. The third-order valence-electron chi connectivity index (χ3n) is 3.00. The molecular weight excluding hydrogens is 216 g/mol. The molecule has 2 nitrogen and oxygen atoms in total. The molecule has 0 fully saturated rings. The Kier molecular flexibility index (Phi) is 1.47. The number of nitrogens with zero attached hydrogens (tertiary/aromatic N) is 2. The highest BCUT2D eigenvalue weighted by Gasteiger charge is 2.08. The zero-order valence-electron chi connectivity index (χ0n) is 8.42. The van der Waals surface area contributed by atoms with E-state index >= 15 is 0 Å². The van der Waals surface area contributed by atoms with E-state index in [1.807, 2.05) is 12.4 Å². The number of benzene rings is 1. The van der Waals surface area contributed by atoms with Gasteiger partial charge in [-0.15, -0.1) is 11.3 Å². The van der Waals surface area contributed by atoms with Gasteiger partial charge in [0, 0.05) is 33.9 Å². The molecule has 0 unspecified atom stereocenters. The van der Waals surface area contributed by atoms with Crippen LogP contribution >= 0.6 is 11.3 Å². The molecule has 3 heteroatoms. The molecule has 0 N–H and O–H groups in total. The lowest BCUT2D eigenvalue weighted by Crippen LogP contribution is -1.86. The lowest BCUT2D eigenvalue weighted by Gasteiger charge is -2.03. The Morgan fingerprint density at radius 2 is 1.88 bits per heavy atom. The average Bonchev–Trinajstić information content (AvgIpc) is 2.98. The van der Waals surface area contributed by atoms with Gasteiger partial charge in [-0.2, -0.15) is 0 Å². The van der Waals surface area contributed by atoms with E-state index in [1.54, 1.807) is 11.3 Å². The van der Waals surface area contributed by atoms with Crippen molar-refractivity contribution in [3.63, 3.8) is 0 Å². The van der Waals surface area contributed by atoms with Crippen LogP contribution in [0.1, 0.15) is 0 Å². The van der Waals surface area contributed by atoms with Gasteiger partial charge in [0.2, 0.25) is 0 Å². The summed E-state index contributed by atoms with van der Waals surface area (Å²) in [7, 11) is 0. The summed E-state index contributed by atoms with van der Waals surface area (Å²) in [5, 5.41) is 8.20. The van der Waals surface area contributed by atoms with Crippen molar-refractivity contribution in [3.05, 3.63) is 47.4 Å². The van der Waals surface area contributed by atoms with E-state index in [-0.39, 0.29) is 0 Å². The predicted octanol–water partition coefficient (Wildman–Crippen LogP) is 3.70. The van der Waals surface area contributed by atoms with Crippen LogP contribution < -0.4 is 0 Å². The van der Waals surface area contributed by atoms with Gasteiger partial charge >= 0.3 is 0 Å². The van der Waals surface area contributed by atoms with Crippen molar-refractivity contribution >= 4 is 38.7 Å². The maximum absolute atomic E-state index is 4.44. The van der Waals surface area contributed by atoms with Crippen LogP contribution in [0.25, 0.3) is 27.3 Å². The lowest BCUT2D eigenvalue weighted by molar-refractivity contribution is 1.28. The fraction of sp³-hybridized carbons (Fsp3) is 0. The third kappa shape index (κ3) is 0.888. The van der Waals surface area contributed by atoms with E-state index in [4.69, 9.17) is 0 Å². The summed E-state index contributed by atoms with van der Waals surface area (Å²) in [6, 6.07) is 8.45. The number of fused-ring (bicyclic) bond motifs is 6. The van der Waals surface area contributed by atoms with Crippen molar-refractivity contribution in [2.24, 2.45) is 0 Å². The van der Waals surface area contributed by atoms with Crippen molar-refractivity contribution in [2.75, 3.05) is 0 Å². The Morgan fingerprint density at radius 3 is 2.81 bits per heavy atom. The van der Waals surface area contributed by atoms with Gasteiger partial charge in [0.05, 0.1) is 5.52 Å². The maximum Gasteiger partial charge on any atom is 0.145 e. The molecule has 0 radical (unpaired) electrons. The highest BCUT2D eigenvalue weighted by atomic mass is 32.1. The van der Waals surface area contributed by atoms with Crippen molar-refractivity contribution in [1.29, 1.82) is 0 Å². The first-order valence-corrected chi connectivity index (χ1v) is 6.09. The molecule has 4 aromatic rings. The minimum absolute atomic E-state index is 1.04. The Morgan fingerprint density at radius 1 is 1.00 bits per heavy atom. The molecule has 3 aromatic heterocycles. The van der Waals surface area contributed by atoms with Crippen LogP contribution in [0.5, 0.6) is 0 Å². The average molecular weight is 224 g/mol. The largest absolute Gasteiger partial charge is 0.298 e. The summed E-state index contributed by atoms with van der Waals surface area (Å²) in [6.45, 7) is 0. The molecule has 0 atom stereocenters. The summed E-state index contributed by atoms with van der Waals surface area (Å²) in [5.74, 6) is 0. The number of rotatable bonds is 0. The van der Waals surface area contributed by atoms with Crippen LogP contribution in [-0.2, 0) is 0 Å². The van der Waals surface area contributed by atoms with Crippen LogP contribution in [0.2, 0.25) is 0 Å². The topological polar surface area (TPSA) is 17.3 Å². The number of imidazole rings is 1. The Hall–Kier alpha value is -1.87. The molecule has 1 aromatic carbocycles. The summed E-state index contributed by atoms with van der Waals surface area (Å²) >= 11 is 1.74. The summed E-state index contributed by atoms with van der Waals surface area (Å²) in [6.07, 6.45) is 3.88. The molecule has 0 amide bonds. The third-order valence-corrected chi connectivity index (χ3v) is 3.73. The van der Waals surface area contributed by atoms with Crippen LogP contribution in [0.15, 0.2) is 47.4 Å². The second-order valence-electron chi connectivity index (χ2n) is 3.84. The molecule has 0 aliphatic carbocycles. The van der Waals surface area contributed by atoms with Gasteiger partial charge in [-0.3, -0.25) is 4.40 Å². The van der Waals surface area contributed by atoms with Crippen LogP contribution in [0.4, 0.5) is 0 Å². The standard InChI is InChI=1S/C13H8N2S/c1-2-4-10-9(3-1)11-7-16-8-12(11)15-6-5-14-13(10)15/h1-8H. The van der Waals surface area contributed by atoms with E-state index in [0.29, 0.717) is 0 Å². The summed E-state index contributed by atoms with van der Waals surface area (Å²) < 4.78 is 2.16. The molecule has 0 saturated carbocycles. The quantitative estimate of drug-likeness (QED) is 0.445. The van der Waals surface area contributed by atoms with Gasteiger partial charge in [-0.25, -0.2) is 4.98 Å². The normalized spacial score (nSPS) is 11.8. The highest BCUT2D eigenvalue weighted by molar-refractivity contribution is 7.09. The first-order chi connectivity index (χ1) is 7.95. The molecule has 3 heterocycles. The smallest absolute Gasteiger partial charge is 0.145 e. The van der Waals surface area contributed by atoms with Gasteiger partial charge in [-0.1, -0.05) is 24.3 Å². The van der Waals surface area contributed by atoms with Crippen molar-refractivity contribution < 1.29 is 0 Å². The molecule has 4 rings (SSSR count). The lowest BCUT2D eigenvalue weighted by atomic mass is 10.1. The molecule has 0 aliphatic heterocycles. The summed E-state index contributed by atoms with van der Waals surface area (Å²) in [4.78, 5) is 4.44. The zero-order valence-corrected chi connectivity index (χ0v) is 9.24. The van der Waals surface area contributed by atoms with Gasteiger partial charge < -0.3 is 0 Å². The SMILES string of the molecule is c1ccc2c(c1)c1cscc1n1ccnc21. The van der Waals surface area contributed by atoms with Gasteiger partial charge in [0.25, 0.3) is 0 Å². The Labute approximate surface area is 95.8 Å². The predicted molar refractivity (Wildman–Crippen MR) is 68.1 cm³/mol. The molecule has 76 valence electrons. The van der Waals surface area contributed by atoms with Crippen molar-refractivity contribution in [2.45, 2.75) is 0 Å². The number of hydrogen-bond donors (Lipinski definition) is 0. The summed E-state index contributed by atoms with van der Waals surface area (Å²) in [5.41, 5.74) is 2.29. The Balaban J connectivity index is 2.51. The monoisotopic (exact) mass is 224 g/mol. The maximum atomic E-state index is 4.44. The first-order valence-electron chi connectivity index (χ1n) is 5.15. The van der Waals surface area contributed by atoms with Gasteiger partial charge in [0.1, 0.15) is 5.65 Å². The molecule has 0 spiro atoms. The van der Waals surface area contributed by atoms with E-state index in [1.165, 1.54) is 21.7 Å². The van der Waals surface area contributed by atoms with Gasteiger partial charge in [-0.05, 0) is 5.39 Å². The Bertz CT molecular complexity index is 741. The van der Waals surface area contributed by atoms with E-state index in [0.717, 1.165) is 5.65 Å². The molecular formula is C13H8N2S. The van der Waals surface area contributed by atoms with Crippen LogP contribution in [0, 0.1) is 0 Å². The highest BCUT2D eigenvalue weighted by Crippen LogP contribution is 2.30. The number of aromatic nitrogens is 2. The molecule has 0 bridgehead atoms. The fourth-order valence-corrected chi connectivity index (χ4v) is 3.11. The van der Waals surface area contributed by atoms with Crippen molar-refractivity contribution in [1.82, 2.24) is 9.38 Å². The second-order valence-corrected chi connectivity index (χ2v) is 4.58. The number of thiophene rings is 1. The van der Waals surface area contributed by atoms with E-state index in [2.05, 4.69) is 44.4 Å². The fourth-order valence-electron chi connectivity index (χ4n) is 2.29. The van der Waals surface area contributed by atoms with E-state index in [9.17, 15) is 0 Å². The van der Waals surface area contributed by atoms with Gasteiger partial charge in [0.15, 0.2) is 0 Å². The molecule has 16 heavy (non-hydrogen) atoms. The second kappa shape index (κ2) is 2.83. The van der Waals surface area contributed by atoms with Crippen LogP contribution in [0.3, 0.4) is 0 Å².